The monoisotopic (exact) mass is 390 g/mol. The van der Waals surface area contributed by atoms with Gasteiger partial charge in [-0.15, -0.1) is 0 Å². The number of aliphatic hydroxyl groups excluding tert-OH is 1. The fourth-order valence-electron chi connectivity index (χ4n) is 2.36. The molecule has 0 bridgehead atoms. The Balaban J connectivity index is 2.19. The number of hydrogen-bond acceptors (Lipinski definition) is 6. The van der Waals surface area contributed by atoms with E-state index >= 15 is 0 Å². The molecule has 0 unspecified atom stereocenters. The van der Waals surface area contributed by atoms with Crippen molar-refractivity contribution in [3.63, 3.8) is 0 Å². The summed E-state index contributed by atoms with van der Waals surface area (Å²) in [5, 5.41) is 10.2. The first kappa shape index (κ1) is 19.6. The number of esters is 1. The SMILES string of the molecule is CN(C)C(=O)COC(=O)[C@@H]1C[C@H](O)CN1S(=O)(=O)c1ccc(Cl)cc1. The van der Waals surface area contributed by atoms with Crippen molar-refractivity contribution in [1.82, 2.24) is 9.21 Å². The zero-order chi connectivity index (χ0) is 18.8. The maximum absolute atomic E-state index is 12.7. The van der Waals surface area contributed by atoms with Gasteiger partial charge in [0.05, 0.1) is 11.0 Å². The first-order valence-corrected chi connectivity index (χ1v) is 9.27. The van der Waals surface area contributed by atoms with E-state index in [4.69, 9.17) is 16.3 Å². The molecule has 10 heteroatoms. The predicted molar refractivity (Wildman–Crippen MR) is 89.4 cm³/mol. The molecule has 0 saturated carbocycles. The average Bonchev–Trinajstić information content (AvgIpc) is 2.95. The summed E-state index contributed by atoms with van der Waals surface area (Å²) in [4.78, 5) is 24.9. The van der Waals surface area contributed by atoms with Gasteiger partial charge in [-0.1, -0.05) is 11.6 Å². The van der Waals surface area contributed by atoms with E-state index < -0.39 is 40.7 Å². The van der Waals surface area contributed by atoms with Crippen LogP contribution in [0.3, 0.4) is 0 Å². The molecule has 1 heterocycles. The van der Waals surface area contributed by atoms with Crippen LogP contribution in [0.15, 0.2) is 29.2 Å². The third kappa shape index (κ3) is 4.49. The van der Waals surface area contributed by atoms with Gasteiger partial charge in [-0.05, 0) is 24.3 Å². The van der Waals surface area contributed by atoms with Crippen LogP contribution in [-0.4, -0.2) is 74.0 Å². The quantitative estimate of drug-likeness (QED) is 0.715. The lowest BCUT2D eigenvalue weighted by Crippen LogP contribution is -2.42. The molecule has 0 spiro atoms. The van der Waals surface area contributed by atoms with E-state index in [1.54, 1.807) is 0 Å². The van der Waals surface area contributed by atoms with Crippen molar-refractivity contribution >= 4 is 33.5 Å². The molecule has 1 amide bonds. The van der Waals surface area contributed by atoms with Crippen LogP contribution < -0.4 is 0 Å². The van der Waals surface area contributed by atoms with Crippen LogP contribution in [0.5, 0.6) is 0 Å². The number of β-amino-alcohol motifs (C(OH)–C–C–N with tert-alkyl or cyclic N) is 1. The van der Waals surface area contributed by atoms with Crippen LogP contribution in [0.25, 0.3) is 0 Å². The summed E-state index contributed by atoms with van der Waals surface area (Å²) >= 11 is 5.76. The van der Waals surface area contributed by atoms with Gasteiger partial charge in [-0.3, -0.25) is 9.59 Å². The number of carbonyl (C=O) groups excluding carboxylic acids is 2. The molecule has 138 valence electrons. The zero-order valence-electron chi connectivity index (χ0n) is 13.8. The molecule has 1 saturated heterocycles. The Hall–Kier alpha value is -1.68. The van der Waals surface area contributed by atoms with E-state index in [1.165, 1.54) is 43.3 Å². The number of carbonyl (C=O) groups is 2. The van der Waals surface area contributed by atoms with Crippen molar-refractivity contribution in [1.29, 1.82) is 0 Å². The van der Waals surface area contributed by atoms with Gasteiger partial charge in [0, 0.05) is 32.1 Å². The fourth-order valence-corrected chi connectivity index (χ4v) is 4.12. The number of halogens is 1. The summed E-state index contributed by atoms with van der Waals surface area (Å²) in [6.07, 6.45) is -1.09. The smallest absolute Gasteiger partial charge is 0.325 e. The first-order valence-electron chi connectivity index (χ1n) is 7.45. The third-order valence-electron chi connectivity index (χ3n) is 3.76. The van der Waals surface area contributed by atoms with Gasteiger partial charge in [-0.25, -0.2) is 8.42 Å². The second-order valence-corrected chi connectivity index (χ2v) is 8.16. The fraction of sp³-hybridized carbons (Fsp3) is 0.467. The van der Waals surface area contributed by atoms with Gasteiger partial charge in [0.15, 0.2) is 6.61 Å². The molecule has 2 atom stereocenters. The Morgan fingerprint density at radius 3 is 2.48 bits per heavy atom. The molecular weight excluding hydrogens is 372 g/mol. The molecule has 0 aromatic heterocycles. The largest absolute Gasteiger partial charge is 0.454 e. The Morgan fingerprint density at radius 2 is 1.92 bits per heavy atom. The van der Waals surface area contributed by atoms with Crippen molar-refractivity contribution in [3.8, 4) is 0 Å². The molecular formula is C15H19ClN2O6S. The highest BCUT2D eigenvalue weighted by Gasteiger charge is 2.44. The lowest BCUT2D eigenvalue weighted by Gasteiger charge is -2.22. The summed E-state index contributed by atoms with van der Waals surface area (Å²) in [6, 6.07) is 4.29. The number of ether oxygens (including phenoxy) is 1. The summed E-state index contributed by atoms with van der Waals surface area (Å²) in [6.45, 7) is -0.723. The van der Waals surface area contributed by atoms with E-state index in [0.29, 0.717) is 5.02 Å². The summed E-state index contributed by atoms with van der Waals surface area (Å²) < 4.78 is 31.3. The van der Waals surface area contributed by atoms with Gasteiger partial charge < -0.3 is 14.7 Å². The molecule has 25 heavy (non-hydrogen) atoms. The predicted octanol–water partition coefficient (Wildman–Crippen LogP) is 0.0953. The first-order chi connectivity index (χ1) is 11.6. The maximum Gasteiger partial charge on any atom is 0.325 e. The van der Waals surface area contributed by atoms with Crippen molar-refractivity contribution in [2.24, 2.45) is 0 Å². The average molecular weight is 391 g/mol. The van der Waals surface area contributed by atoms with Crippen molar-refractivity contribution in [3.05, 3.63) is 29.3 Å². The van der Waals surface area contributed by atoms with Gasteiger partial charge >= 0.3 is 5.97 Å². The minimum absolute atomic E-state index is 0.0480. The number of amides is 1. The number of likely N-dealkylation sites (N-methyl/N-ethyl adjacent to an activating group) is 1. The minimum atomic E-state index is -4.02. The van der Waals surface area contributed by atoms with Crippen LogP contribution in [0.1, 0.15) is 6.42 Å². The standard InChI is InChI=1S/C15H19ClN2O6S/c1-17(2)14(20)9-24-15(21)13-7-11(19)8-18(13)25(22,23)12-5-3-10(16)4-6-12/h3-6,11,13,19H,7-9H2,1-2H3/t11-,13-/m0/s1. The molecule has 8 nitrogen and oxygen atoms in total. The van der Waals surface area contributed by atoms with Crippen molar-refractivity contribution in [2.75, 3.05) is 27.2 Å². The van der Waals surface area contributed by atoms with Crippen LogP contribution in [0, 0.1) is 0 Å². The second kappa shape index (κ2) is 7.69. The number of sulfonamides is 1. The van der Waals surface area contributed by atoms with Gasteiger partial charge in [0.25, 0.3) is 5.91 Å². The Labute approximate surface area is 151 Å². The summed E-state index contributed by atoms with van der Waals surface area (Å²) in [5.41, 5.74) is 0. The number of benzene rings is 1. The molecule has 1 aliphatic rings. The van der Waals surface area contributed by atoms with E-state index in [2.05, 4.69) is 0 Å². The normalized spacial score (nSPS) is 21.1. The highest BCUT2D eigenvalue weighted by atomic mass is 35.5. The van der Waals surface area contributed by atoms with E-state index in [0.717, 1.165) is 4.31 Å². The van der Waals surface area contributed by atoms with Crippen LogP contribution >= 0.6 is 11.6 Å². The maximum atomic E-state index is 12.7. The van der Waals surface area contributed by atoms with Crippen molar-refractivity contribution < 1.29 is 27.9 Å². The molecule has 1 N–H and O–H groups in total. The lowest BCUT2D eigenvalue weighted by molar-refractivity contribution is -0.153. The van der Waals surface area contributed by atoms with Gasteiger partial charge in [-0.2, -0.15) is 4.31 Å². The third-order valence-corrected chi connectivity index (χ3v) is 5.90. The molecule has 0 radical (unpaired) electrons. The van der Waals surface area contributed by atoms with Gasteiger partial charge in [0.1, 0.15) is 6.04 Å². The van der Waals surface area contributed by atoms with Gasteiger partial charge in [0.2, 0.25) is 10.0 Å². The number of hydrogen-bond donors (Lipinski definition) is 1. The molecule has 0 aliphatic carbocycles. The van der Waals surface area contributed by atoms with Crippen molar-refractivity contribution in [2.45, 2.75) is 23.5 Å². The molecule has 1 aromatic carbocycles. The molecule has 2 rings (SSSR count). The second-order valence-electron chi connectivity index (χ2n) is 5.83. The van der Waals surface area contributed by atoms with Crippen LogP contribution in [0.4, 0.5) is 0 Å². The molecule has 1 fully saturated rings. The highest BCUT2D eigenvalue weighted by Crippen LogP contribution is 2.27. The number of rotatable bonds is 5. The zero-order valence-corrected chi connectivity index (χ0v) is 15.3. The molecule has 1 aromatic rings. The minimum Gasteiger partial charge on any atom is -0.454 e. The topological polar surface area (TPSA) is 104 Å². The van der Waals surface area contributed by atoms with E-state index in [-0.39, 0.29) is 17.9 Å². The van der Waals surface area contributed by atoms with E-state index in [9.17, 15) is 23.1 Å². The van der Waals surface area contributed by atoms with Crippen LogP contribution in [0.2, 0.25) is 5.02 Å². The lowest BCUT2D eigenvalue weighted by atomic mass is 10.2. The summed E-state index contributed by atoms with van der Waals surface area (Å²) in [7, 11) is -1.01. The highest BCUT2D eigenvalue weighted by molar-refractivity contribution is 7.89. The van der Waals surface area contributed by atoms with Crippen LogP contribution in [-0.2, 0) is 24.3 Å². The number of aliphatic hydroxyl groups is 1. The molecule has 1 aliphatic heterocycles. The van der Waals surface area contributed by atoms with E-state index in [1.807, 2.05) is 0 Å². The Kier molecular flexibility index (Phi) is 6.04. The Morgan fingerprint density at radius 1 is 1.32 bits per heavy atom. The number of nitrogens with zero attached hydrogens (tertiary/aromatic N) is 2. The summed E-state index contributed by atoms with van der Waals surface area (Å²) in [5.74, 6) is -1.30. The Bertz CT molecular complexity index is 750.